The van der Waals surface area contributed by atoms with Gasteiger partial charge in [-0.3, -0.25) is 9.78 Å². The van der Waals surface area contributed by atoms with Gasteiger partial charge in [0, 0.05) is 18.7 Å². The first-order valence-electron chi connectivity index (χ1n) is 11.1. The average molecular weight is 419 g/mol. The van der Waals surface area contributed by atoms with Crippen molar-refractivity contribution in [3.63, 3.8) is 0 Å². The maximum absolute atomic E-state index is 12.4. The predicted octanol–water partition coefficient (Wildman–Crippen LogP) is 3.91. The van der Waals surface area contributed by atoms with Crippen molar-refractivity contribution in [2.24, 2.45) is 5.92 Å². The largest absolute Gasteiger partial charge is 0.481 e. The van der Waals surface area contributed by atoms with Gasteiger partial charge >= 0.3 is 0 Å². The number of nitrogens with zero attached hydrogens (tertiary/aromatic N) is 3. The van der Waals surface area contributed by atoms with Gasteiger partial charge in [-0.2, -0.15) is 0 Å². The second-order valence-corrected chi connectivity index (χ2v) is 8.34. The molecule has 1 saturated heterocycles. The van der Waals surface area contributed by atoms with E-state index >= 15 is 0 Å². The van der Waals surface area contributed by atoms with Crippen LogP contribution in [0.4, 0.5) is 0 Å². The molecule has 0 saturated carbocycles. The molecule has 0 radical (unpaired) electrons. The highest BCUT2D eigenvalue weighted by Gasteiger charge is 2.17. The van der Waals surface area contributed by atoms with Crippen LogP contribution in [0.15, 0.2) is 54.7 Å². The van der Waals surface area contributed by atoms with Crippen LogP contribution in [0.5, 0.6) is 5.75 Å². The van der Waals surface area contributed by atoms with Crippen LogP contribution in [-0.2, 0) is 4.79 Å². The van der Waals surface area contributed by atoms with Crippen molar-refractivity contribution in [3.8, 4) is 17.0 Å². The molecule has 1 aliphatic heterocycles. The summed E-state index contributed by atoms with van der Waals surface area (Å²) in [6.07, 6.45) is 3.72. The van der Waals surface area contributed by atoms with Crippen LogP contribution >= 0.6 is 0 Å². The predicted molar refractivity (Wildman–Crippen MR) is 123 cm³/mol. The minimum Gasteiger partial charge on any atom is -0.481 e. The SMILES string of the molecule is CC1CCN(CCNC(=O)C(C)Oc2ccc(-c3cnc4ccccc4n3)cc2)CC1. The molecule has 1 N–H and O–H groups in total. The maximum atomic E-state index is 12.4. The van der Waals surface area contributed by atoms with E-state index in [0.29, 0.717) is 12.3 Å². The van der Waals surface area contributed by atoms with Gasteiger partial charge in [-0.25, -0.2) is 4.98 Å². The van der Waals surface area contributed by atoms with Crippen LogP contribution < -0.4 is 10.1 Å². The quantitative estimate of drug-likeness (QED) is 0.630. The summed E-state index contributed by atoms with van der Waals surface area (Å²) < 4.78 is 5.83. The van der Waals surface area contributed by atoms with E-state index in [1.807, 2.05) is 48.5 Å². The summed E-state index contributed by atoms with van der Waals surface area (Å²) >= 11 is 0. The van der Waals surface area contributed by atoms with Gasteiger partial charge in [-0.15, -0.1) is 0 Å². The Balaban J connectivity index is 1.28. The lowest BCUT2D eigenvalue weighted by Crippen LogP contribution is -2.42. The van der Waals surface area contributed by atoms with E-state index in [4.69, 9.17) is 4.74 Å². The summed E-state index contributed by atoms with van der Waals surface area (Å²) in [7, 11) is 0. The van der Waals surface area contributed by atoms with Crippen molar-refractivity contribution < 1.29 is 9.53 Å². The number of carbonyl (C=O) groups is 1. The van der Waals surface area contributed by atoms with Crippen molar-refractivity contribution in [1.29, 1.82) is 0 Å². The fourth-order valence-electron chi connectivity index (χ4n) is 3.82. The Bertz CT molecular complexity index is 1010. The number of hydrogen-bond acceptors (Lipinski definition) is 5. The van der Waals surface area contributed by atoms with Crippen molar-refractivity contribution in [2.45, 2.75) is 32.8 Å². The summed E-state index contributed by atoms with van der Waals surface area (Å²) in [5.41, 5.74) is 3.51. The molecule has 1 aliphatic rings. The fraction of sp³-hybridized carbons (Fsp3) is 0.400. The Morgan fingerprint density at radius 2 is 1.84 bits per heavy atom. The minimum atomic E-state index is -0.548. The third-order valence-electron chi connectivity index (χ3n) is 5.88. The van der Waals surface area contributed by atoms with E-state index in [9.17, 15) is 4.79 Å². The molecule has 2 aromatic carbocycles. The number of piperidine rings is 1. The number of likely N-dealkylation sites (tertiary alicyclic amines) is 1. The Morgan fingerprint density at radius 3 is 2.58 bits per heavy atom. The lowest BCUT2D eigenvalue weighted by Gasteiger charge is -2.30. The Hall–Kier alpha value is -2.99. The number of amides is 1. The minimum absolute atomic E-state index is 0.0881. The smallest absolute Gasteiger partial charge is 0.260 e. The van der Waals surface area contributed by atoms with Gasteiger partial charge in [0.25, 0.3) is 5.91 Å². The zero-order valence-corrected chi connectivity index (χ0v) is 18.3. The average Bonchev–Trinajstić information content (AvgIpc) is 2.80. The number of fused-ring (bicyclic) bond motifs is 1. The Labute approximate surface area is 183 Å². The topological polar surface area (TPSA) is 67.4 Å². The molecule has 0 spiro atoms. The molecule has 4 rings (SSSR count). The van der Waals surface area contributed by atoms with Crippen LogP contribution in [-0.4, -0.2) is 53.1 Å². The molecule has 0 aliphatic carbocycles. The molecular weight excluding hydrogens is 388 g/mol. The third kappa shape index (κ3) is 5.58. The third-order valence-corrected chi connectivity index (χ3v) is 5.88. The van der Waals surface area contributed by atoms with Crippen LogP contribution in [0.25, 0.3) is 22.3 Å². The van der Waals surface area contributed by atoms with Crippen molar-refractivity contribution in [2.75, 3.05) is 26.2 Å². The normalized spacial score (nSPS) is 16.2. The maximum Gasteiger partial charge on any atom is 0.260 e. The summed E-state index contributed by atoms with van der Waals surface area (Å²) in [6, 6.07) is 15.4. The molecule has 1 aromatic heterocycles. The standard InChI is InChI=1S/C25H30N4O2/c1-18-11-14-29(15-12-18)16-13-26-25(30)19(2)31-21-9-7-20(8-10-21)24-17-27-22-5-3-4-6-23(22)28-24/h3-10,17-19H,11-16H2,1-2H3,(H,26,30). The van der Waals surface area contributed by atoms with Crippen molar-refractivity contribution in [1.82, 2.24) is 20.2 Å². The van der Waals surface area contributed by atoms with Gasteiger partial charge in [0.1, 0.15) is 5.75 Å². The molecule has 2 heterocycles. The molecule has 1 fully saturated rings. The van der Waals surface area contributed by atoms with Crippen molar-refractivity contribution in [3.05, 3.63) is 54.7 Å². The zero-order chi connectivity index (χ0) is 21.6. The van der Waals surface area contributed by atoms with E-state index in [1.54, 1.807) is 13.1 Å². The van der Waals surface area contributed by atoms with Crippen LogP contribution in [0.1, 0.15) is 26.7 Å². The van der Waals surface area contributed by atoms with E-state index in [1.165, 1.54) is 12.8 Å². The molecule has 3 aromatic rings. The first-order valence-corrected chi connectivity index (χ1v) is 11.1. The molecule has 6 heteroatoms. The van der Waals surface area contributed by atoms with Gasteiger partial charge in [0.2, 0.25) is 0 Å². The second-order valence-electron chi connectivity index (χ2n) is 8.34. The van der Waals surface area contributed by atoms with Gasteiger partial charge in [-0.05, 0) is 75.2 Å². The van der Waals surface area contributed by atoms with Gasteiger partial charge in [0.05, 0.1) is 22.9 Å². The van der Waals surface area contributed by atoms with E-state index < -0.39 is 6.10 Å². The summed E-state index contributed by atoms with van der Waals surface area (Å²) in [5.74, 6) is 1.39. The molecule has 1 atom stereocenters. The molecule has 6 nitrogen and oxygen atoms in total. The molecule has 162 valence electrons. The van der Waals surface area contributed by atoms with E-state index in [2.05, 4.69) is 27.1 Å². The van der Waals surface area contributed by atoms with Crippen LogP contribution in [0.2, 0.25) is 0 Å². The highest BCUT2D eigenvalue weighted by atomic mass is 16.5. The number of rotatable bonds is 7. The van der Waals surface area contributed by atoms with Gasteiger partial charge < -0.3 is 15.0 Å². The van der Waals surface area contributed by atoms with Gasteiger partial charge in [0.15, 0.2) is 6.10 Å². The number of para-hydroxylation sites is 2. The Kier molecular flexibility index (Phi) is 6.77. The lowest BCUT2D eigenvalue weighted by molar-refractivity contribution is -0.127. The molecule has 1 unspecified atom stereocenters. The molecule has 1 amide bonds. The van der Waals surface area contributed by atoms with E-state index in [-0.39, 0.29) is 5.91 Å². The number of benzene rings is 2. The first-order chi connectivity index (χ1) is 15.1. The van der Waals surface area contributed by atoms with Crippen LogP contribution in [0, 0.1) is 5.92 Å². The van der Waals surface area contributed by atoms with Gasteiger partial charge in [-0.1, -0.05) is 19.1 Å². The zero-order valence-electron chi connectivity index (χ0n) is 18.3. The Morgan fingerprint density at radius 1 is 1.13 bits per heavy atom. The highest BCUT2D eigenvalue weighted by Crippen LogP contribution is 2.22. The fourth-order valence-corrected chi connectivity index (χ4v) is 3.82. The summed E-state index contributed by atoms with van der Waals surface area (Å²) in [4.78, 5) is 23.9. The monoisotopic (exact) mass is 418 g/mol. The second kappa shape index (κ2) is 9.88. The van der Waals surface area contributed by atoms with E-state index in [0.717, 1.165) is 47.8 Å². The van der Waals surface area contributed by atoms with Crippen LogP contribution in [0.3, 0.4) is 0 Å². The number of carbonyl (C=O) groups excluding carboxylic acids is 1. The molecule has 0 bridgehead atoms. The molecule has 31 heavy (non-hydrogen) atoms. The number of hydrogen-bond donors (Lipinski definition) is 1. The summed E-state index contributed by atoms with van der Waals surface area (Å²) in [6.45, 7) is 7.88. The molecular formula is C25H30N4O2. The summed E-state index contributed by atoms with van der Waals surface area (Å²) in [5, 5.41) is 2.99. The number of ether oxygens (including phenoxy) is 1. The highest BCUT2D eigenvalue weighted by molar-refractivity contribution is 5.80. The van der Waals surface area contributed by atoms with Crippen molar-refractivity contribution >= 4 is 16.9 Å². The first kappa shape index (κ1) is 21.2. The number of nitrogens with one attached hydrogen (secondary N) is 1. The number of aromatic nitrogens is 2. The lowest BCUT2D eigenvalue weighted by atomic mass is 9.99.